The first-order valence-electron chi connectivity index (χ1n) is 4.26. The second-order valence-electron chi connectivity index (χ2n) is 3.05. The molecule has 0 aromatic carbocycles. The Balaban J connectivity index is 2.65. The maximum Gasteiger partial charge on any atom is 0.144 e. The number of fused-ring (bicyclic) bond motifs is 3. The lowest BCUT2D eigenvalue weighted by molar-refractivity contribution is 1.20. The molecule has 62 valence electrons. The standard InChI is InChI=1S/C11H8N2/c1-3-9-5-6-10-4-2-8-13(10)11(9)12-7-1/h1-8H. The molecule has 3 aromatic rings. The molecule has 0 fully saturated rings. The van der Waals surface area contributed by atoms with Gasteiger partial charge in [-0.3, -0.25) is 0 Å². The van der Waals surface area contributed by atoms with Gasteiger partial charge < -0.3 is 4.40 Å². The number of rotatable bonds is 0. The minimum absolute atomic E-state index is 1.02. The third-order valence-electron chi connectivity index (χ3n) is 2.26. The maximum atomic E-state index is 4.34. The van der Waals surface area contributed by atoms with Crippen molar-refractivity contribution in [1.82, 2.24) is 9.38 Å². The minimum atomic E-state index is 1.02. The second kappa shape index (κ2) is 2.33. The van der Waals surface area contributed by atoms with E-state index in [0.717, 1.165) is 5.65 Å². The van der Waals surface area contributed by atoms with Crippen molar-refractivity contribution < 1.29 is 0 Å². The van der Waals surface area contributed by atoms with Crippen molar-refractivity contribution in [1.29, 1.82) is 0 Å². The summed E-state index contributed by atoms with van der Waals surface area (Å²) in [6.45, 7) is 0. The average Bonchev–Trinajstić information content (AvgIpc) is 2.65. The average molecular weight is 168 g/mol. The van der Waals surface area contributed by atoms with Gasteiger partial charge in [-0.2, -0.15) is 0 Å². The molecule has 0 unspecified atom stereocenters. The van der Waals surface area contributed by atoms with Crippen LogP contribution in [0.2, 0.25) is 0 Å². The third kappa shape index (κ3) is 0.855. The minimum Gasteiger partial charge on any atom is -0.301 e. The fraction of sp³-hybridized carbons (Fsp3) is 0. The molecule has 3 rings (SSSR count). The van der Waals surface area contributed by atoms with Crippen molar-refractivity contribution in [3.63, 3.8) is 0 Å². The number of hydrogen-bond donors (Lipinski definition) is 0. The first-order valence-corrected chi connectivity index (χ1v) is 4.26. The Morgan fingerprint density at radius 2 is 2.00 bits per heavy atom. The van der Waals surface area contributed by atoms with Crippen LogP contribution in [0.3, 0.4) is 0 Å². The summed E-state index contributed by atoms with van der Waals surface area (Å²) >= 11 is 0. The van der Waals surface area contributed by atoms with Crippen molar-refractivity contribution in [2.24, 2.45) is 0 Å². The highest BCUT2D eigenvalue weighted by molar-refractivity contribution is 5.78. The van der Waals surface area contributed by atoms with Crippen molar-refractivity contribution >= 4 is 16.6 Å². The van der Waals surface area contributed by atoms with E-state index in [1.807, 2.05) is 24.5 Å². The summed E-state index contributed by atoms with van der Waals surface area (Å²) in [5.74, 6) is 0. The van der Waals surface area contributed by atoms with Gasteiger partial charge in [0.2, 0.25) is 0 Å². The van der Waals surface area contributed by atoms with Crippen molar-refractivity contribution in [3.05, 3.63) is 48.8 Å². The zero-order valence-electron chi connectivity index (χ0n) is 7.01. The molecule has 0 saturated heterocycles. The van der Waals surface area contributed by atoms with E-state index in [-0.39, 0.29) is 0 Å². The highest BCUT2D eigenvalue weighted by atomic mass is 15.0. The normalized spacial score (nSPS) is 11.1. The van der Waals surface area contributed by atoms with Gasteiger partial charge in [0, 0.05) is 23.3 Å². The van der Waals surface area contributed by atoms with Crippen LogP contribution in [0.25, 0.3) is 16.6 Å². The highest BCUT2D eigenvalue weighted by Crippen LogP contribution is 2.14. The Morgan fingerprint density at radius 1 is 1.00 bits per heavy atom. The van der Waals surface area contributed by atoms with Gasteiger partial charge in [-0.25, -0.2) is 4.98 Å². The number of hydrogen-bond acceptors (Lipinski definition) is 1. The quantitative estimate of drug-likeness (QED) is 0.504. The molecule has 0 N–H and O–H groups in total. The van der Waals surface area contributed by atoms with Crippen LogP contribution in [0.5, 0.6) is 0 Å². The predicted octanol–water partition coefficient (Wildman–Crippen LogP) is 2.49. The van der Waals surface area contributed by atoms with E-state index >= 15 is 0 Å². The third-order valence-corrected chi connectivity index (χ3v) is 2.26. The zero-order valence-corrected chi connectivity index (χ0v) is 7.01. The van der Waals surface area contributed by atoms with Gasteiger partial charge in [0.05, 0.1) is 0 Å². The Bertz CT molecular complexity index is 566. The number of nitrogens with zero attached hydrogens (tertiary/aromatic N) is 2. The van der Waals surface area contributed by atoms with E-state index in [1.165, 1.54) is 10.9 Å². The maximum absolute atomic E-state index is 4.34. The largest absolute Gasteiger partial charge is 0.301 e. The van der Waals surface area contributed by atoms with Crippen LogP contribution in [-0.4, -0.2) is 9.38 Å². The molecular weight excluding hydrogens is 160 g/mol. The summed E-state index contributed by atoms with van der Waals surface area (Å²) < 4.78 is 2.09. The Labute approximate surface area is 75.5 Å². The molecule has 0 radical (unpaired) electrons. The van der Waals surface area contributed by atoms with Crippen molar-refractivity contribution in [3.8, 4) is 0 Å². The summed E-state index contributed by atoms with van der Waals surface area (Å²) in [5, 5.41) is 1.17. The molecule has 3 heterocycles. The van der Waals surface area contributed by atoms with E-state index in [1.54, 1.807) is 0 Å². The Kier molecular flexibility index (Phi) is 1.19. The second-order valence-corrected chi connectivity index (χ2v) is 3.05. The molecule has 0 saturated carbocycles. The van der Waals surface area contributed by atoms with Crippen LogP contribution in [0, 0.1) is 0 Å². The van der Waals surface area contributed by atoms with Gasteiger partial charge in [0.1, 0.15) is 5.65 Å². The van der Waals surface area contributed by atoms with Crippen LogP contribution < -0.4 is 0 Å². The number of aromatic nitrogens is 2. The molecule has 0 atom stereocenters. The predicted molar refractivity (Wildman–Crippen MR) is 52.7 cm³/mol. The first-order chi connectivity index (χ1) is 6.45. The summed E-state index contributed by atoms with van der Waals surface area (Å²) in [4.78, 5) is 4.34. The van der Waals surface area contributed by atoms with Gasteiger partial charge in [-0.05, 0) is 36.4 Å². The highest BCUT2D eigenvalue weighted by Gasteiger charge is 1.97. The van der Waals surface area contributed by atoms with Crippen molar-refractivity contribution in [2.45, 2.75) is 0 Å². The van der Waals surface area contributed by atoms with Gasteiger partial charge in [-0.1, -0.05) is 0 Å². The lowest BCUT2D eigenvalue weighted by Crippen LogP contribution is -1.87. The molecule has 0 spiro atoms. The van der Waals surface area contributed by atoms with Gasteiger partial charge >= 0.3 is 0 Å². The van der Waals surface area contributed by atoms with E-state index in [9.17, 15) is 0 Å². The molecule has 2 nitrogen and oxygen atoms in total. The molecule has 0 aliphatic heterocycles. The summed E-state index contributed by atoms with van der Waals surface area (Å²) in [6, 6.07) is 12.3. The molecule has 0 aliphatic carbocycles. The molecule has 0 bridgehead atoms. The summed E-state index contributed by atoms with van der Waals surface area (Å²) in [5.41, 5.74) is 2.20. The molecular formula is C11H8N2. The van der Waals surface area contributed by atoms with Gasteiger partial charge in [0.25, 0.3) is 0 Å². The molecule has 3 aromatic heterocycles. The summed E-state index contributed by atoms with van der Waals surface area (Å²) in [7, 11) is 0. The fourth-order valence-corrected chi connectivity index (χ4v) is 1.64. The SMILES string of the molecule is c1cnc2c(c1)ccc1cccn12. The van der Waals surface area contributed by atoms with Crippen molar-refractivity contribution in [2.75, 3.05) is 0 Å². The van der Waals surface area contributed by atoms with E-state index in [2.05, 4.69) is 33.7 Å². The molecule has 0 aliphatic rings. The Hall–Kier alpha value is -1.83. The first kappa shape index (κ1) is 6.66. The van der Waals surface area contributed by atoms with Gasteiger partial charge in [-0.15, -0.1) is 0 Å². The van der Waals surface area contributed by atoms with Gasteiger partial charge in [0.15, 0.2) is 0 Å². The van der Waals surface area contributed by atoms with Crippen LogP contribution in [0.4, 0.5) is 0 Å². The monoisotopic (exact) mass is 168 g/mol. The van der Waals surface area contributed by atoms with E-state index in [0.29, 0.717) is 0 Å². The van der Waals surface area contributed by atoms with E-state index < -0.39 is 0 Å². The van der Waals surface area contributed by atoms with Crippen LogP contribution >= 0.6 is 0 Å². The fourth-order valence-electron chi connectivity index (χ4n) is 1.64. The zero-order chi connectivity index (χ0) is 8.67. The van der Waals surface area contributed by atoms with Crippen LogP contribution in [0.15, 0.2) is 48.8 Å². The lowest BCUT2D eigenvalue weighted by atomic mass is 10.3. The summed E-state index contributed by atoms with van der Waals surface area (Å²) in [6.07, 6.45) is 3.85. The smallest absolute Gasteiger partial charge is 0.144 e. The topological polar surface area (TPSA) is 17.3 Å². The number of pyridine rings is 2. The Morgan fingerprint density at radius 3 is 3.00 bits per heavy atom. The van der Waals surface area contributed by atoms with Crippen LogP contribution in [0.1, 0.15) is 0 Å². The molecule has 13 heavy (non-hydrogen) atoms. The van der Waals surface area contributed by atoms with Crippen LogP contribution in [-0.2, 0) is 0 Å². The lowest BCUT2D eigenvalue weighted by Gasteiger charge is -1.99. The van der Waals surface area contributed by atoms with E-state index in [4.69, 9.17) is 0 Å². The molecule has 2 heteroatoms. The molecule has 0 amide bonds.